The molecule has 0 saturated carbocycles. The lowest BCUT2D eigenvalue weighted by molar-refractivity contribution is -0.0168. The number of aliphatic hydroxyl groups is 2. The molecule has 3 unspecified atom stereocenters. The van der Waals surface area contributed by atoms with Gasteiger partial charge in [-0.05, 0) is 20.4 Å². The summed E-state index contributed by atoms with van der Waals surface area (Å²) < 4.78 is 15.9. The summed E-state index contributed by atoms with van der Waals surface area (Å²) in [5.74, 6) is 0. The fraction of sp³-hybridized carbons (Fsp3) is 1.00. The van der Waals surface area contributed by atoms with Gasteiger partial charge in [0.15, 0.2) is 0 Å². The average molecular weight is 322 g/mol. The van der Waals surface area contributed by atoms with Crippen LogP contribution in [0.25, 0.3) is 0 Å². The highest BCUT2D eigenvalue weighted by atomic mass is 16.5. The Morgan fingerprint density at radius 3 is 2.00 bits per heavy atom. The monoisotopic (exact) mass is 322 g/mol. The summed E-state index contributed by atoms with van der Waals surface area (Å²) in [6.45, 7) is 10.5. The quantitative estimate of drug-likeness (QED) is 0.281. The molecule has 0 heterocycles. The van der Waals surface area contributed by atoms with Crippen molar-refractivity contribution >= 4 is 0 Å². The maximum atomic E-state index is 9.75. The van der Waals surface area contributed by atoms with E-state index in [0.29, 0.717) is 39.5 Å². The van der Waals surface area contributed by atoms with Gasteiger partial charge in [-0.2, -0.15) is 0 Å². The summed E-state index contributed by atoms with van der Waals surface area (Å²) >= 11 is 0. The Bertz CT molecular complexity index is 234. The van der Waals surface area contributed by atoms with Crippen LogP contribution in [0.4, 0.5) is 0 Å². The molecule has 0 aliphatic rings. The second-order valence-electron chi connectivity index (χ2n) is 5.23. The molecule has 0 aromatic heterocycles. The van der Waals surface area contributed by atoms with Gasteiger partial charge in [-0.15, -0.1) is 0 Å². The van der Waals surface area contributed by atoms with Gasteiger partial charge in [-0.25, -0.2) is 0 Å². The molecule has 0 radical (unpaired) electrons. The molecule has 0 aromatic rings. The van der Waals surface area contributed by atoms with Gasteiger partial charge in [0.1, 0.15) is 0 Å². The maximum absolute atomic E-state index is 9.75. The van der Waals surface area contributed by atoms with E-state index in [1.54, 1.807) is 0 Å². The van der Waals surface area contributed by atoms with Crippen molar-refractivity contribution in [2.24, 2.45) is 0 Å². The van der Waals surface area contributed by atoms with E-state index in [1.807, 2.05) is 20.8 Å². The fourth-order valence-corrected chi connectivity index (χ4v) is 1.68. The molecule has 7 heteroatoms. The first-order valence-electron chi connectivity index (χ1n) is 8.13. The molecule has 134 valence electrons. The molecule has 0 spiro atoms. The molecule has 0 bridgehead atoms. The minimum atomic E-state index is -0.552. The van der Waals surface area contributed by atoms with Crippen molar-refractivity contribution in [1.29, 1.82) is 0 Å². The lowest BCUT2D eigenvalue weighted by atomic mass is 10.3. The highest BCUT2D eigenvalue weighted by Gasteiger charge is 2.07. The van der Waals surface area contributed by atoms with Gasteiger partial charge in [0.25, 0.3) is 0 Å². The minimum Gasteiger partial charge on any atom is -0.389 e. The van der Waals surface area contributed by atoms with E-state index in [2.05, 4.69) is 10.6 Å². The number of rotatable bonds is 16. The smallest absolute Gasteiger partial charge is 0.0897 e. The Morgan fingerprint density at radius 2 is 1.45 bits per heavy atom. The van der Waals surface area contributed by atoms with Crippen LogP contribution in [-0.2, 0) is 14.2 Å². The largest absolute Gasteiger partial charge is 0.389 e. The number of likely N-dealkylation sites (N-methyl/N-ethyl adjacent to an activating group) is 1. The van der Waals surface area contributed by atoms with Crippen LogP contribution in [0.2, 0.25) is 0 Å². The van der Waals surface area contributed by atoms with Crippen molar-refractivity contribution in [3.8, 4) is 0 Å². The summed E-state index contributed by atoms with van der Waals surface area (Å²) in [6, 6.07) is 0.205. The first-order valence-corrected chi connectivity index (χ1v) is 8.13. The van der Waals surface area contributed by atoms with Gasteiger partial charge in [-0.1, -0.05) is 6.92 Å². The van der Waals surface area contributed by atoms with Crippen molar-refractivity contribution in [2.75, 3.05) is 59.3 Å². The number of aliphatic hydroxyl groups excluding tert-OH is 2. The number of ether oxygens (including phenoxy) is 3. The van der Waals surface area contributed by atoms with Gasteiger partial charge < -0.3 is 35.1 Å². The molecule has 22 heavy (non-hydrogen) atoms. The van der Waals surface area contributed by atoms with E-state index in [1.165, 1.54) is 0 Å². The Hall–Kier alpha value is -0.280. The lowest BCUT2D eigenvalue weighted by Gasteiger charge is -2.17. The van der Waals surface area contributed by atoms with E-state index in [-0.39, 0.29) is 19.3 Å². The Kier molecular flexibility index (Phi) is 15.4. The standard InChI is InChI=1S/C15H34N2O5/c1-4-16-8-14(18)11-21-6-7-22-12-15(19)9-17-13(3)10-20-5-2/h13-19H,4-12H2,1-3H3. The molecular weight excluding hydrogens is 288 g/mol. The molecular formula is C15H34N2O5. The summed E-state index contributed by atoms with van der Waals surface area (Å²) in [5.41, 5.74) is 0. The van der Waals surface area contributed by atoms with E-state index in [0.717, 1.165) is 6.54 Å². The molecule has 0 saturated heterocycles. The van der Waals surface area contributed by atoms with Crippen LogP contribution in [0.15, 0.2) is 0 Å². The molecule has 3 atom stereocenters. The first-order chi connectivity index (χ1) is 10.6. The zero-order valence-electron chi connectivity index (χ0n) is 14.2. The fourth-order valence-electron chi connectivity index (χ4n) is 1.68. The van der Waals surface area contributed by atoms with Crippen LogP contribution in [0.5, 0.6) is 0 Å². The highest BCUT2D eigenvalue weighted by molar-refractivity contribution is 4.64. The molecule has 0 fully saturated rings. The number of hydrogen-bond donors (Lipinski definition) is 4. The van der Waals surface area contributed by atoms with Crippen molar-refractivity contribution in [3.05, 3.63) is 0 Å². The van der Waals surface area contributed by atoms with E-state index in [4.69, 9.17) is 14.2 Å². The lowest BCUT2D eigenvalue weighted by Crippen LogP contribution is -2.38. The number of nitrogens with one attached hydrogen (secondary N) is 2. The Labute approximate surface area is 134 Å². The summed E-state index contributed by atoms with van der Waals surface area (Å²) in [4.78, 5) is 0. The van der Waals surface area contributed by atoms with Gasteiger partial charge in [-0.3, -0.25) is 0 Å². The van der Waals surface area contributed by atoms with Gasteiger partial charge in [0.2, 0.25) is 0 Å². The molecule has 7 nitrogen and oxygen atoms in total. The molecule has 0 aliphatic heterocycles. The van der Waals surface area contributed by atoms with E-state index >= 15 is 0 Å². The summed E-state index contributed by atoms with van der Waals surface area (Å²) in [6.07, 6.45) is -1.05. The van der Waals surface area contributed by atoms with E-state index < -0.39 is 12.2 Å². The predicted molar refractivity (Wildman–Crippen MR) is 86.2 cm³/mol. The topological polar surface area (TPSA) is 92.2 Å². The maximum Gasteiger partial charge on any atom is 0.0897 e. The third-order valence-corrected chi connectivity index (χ3v) is 2.90. The first kappa shape index (κ1) is 21.7. The van der Waals surface area contributed by atoms with Crippen molar-refractivity contribution in [2.45, 2.75) is 39.0 Å². The molecule has 0 aliphatic carbocycles. The average Bonchev–Trinajstić information content (AvgIpc) is 2.52. The zero-order valence-corrected chi connectivity index (χ0v) is 14.2. The second kappa shape index (κ2) is 15.6. The third-order valence-electron chi connectivity index (χ3n) is 2.90. The van der Waals surface area contributed by atoms with Crippen LogP contribution in [0.3, 0.4) is 0 Å². The molecule has 4 N–H and O–H groups in total. The van der Waals surface area contributed by atoms with E-state index in [9.17, 15) is 10.2 Å². The van der Waals surface area contributed by atoms with Crippen molar-refractivity contribution in [1.82, 2.24) is 10.6 Å². The Balaban J connectivity index is 3.36. The van der Waals surface area contributed by atoms with Gasteiger partial charge >= 0.3 is 0 Å². The van der Waals surface area contributed by atoms with Crippen LogP contribution < -0.4 is 10.6 Å². The number of hydrogen-bond acceptors (Lipinski definition) is 7. The Morgan fingerprint density at radius 1 is 0.864 bits per heavy atom. The highest BCUT2D eigenvalue weighted by Crippen LogP contribution is 1.90. The van der Waals surface area contributed by atoms with Gasteiger partial charge in [0, 0.05) is 25.7 Å². The second-order valence-corrected chi connectivity index (χ2v) is 5.23. The van der Waals surface area contributed by atoms with Crippen LogP contribution in [0, 0.1) is 0 Å². The van der Waals surface area contributed by atoms with Crippen LogP contribution in [0.1, 0.15) is 20.8 Å². The van der Waals surface area contributed by atoms with Crippen molar-refractivity contribution in [3.63, 3.8) is 0 Å². The summed E-state index contributed by atoms with van der Waals surface area (Å²) in [5, 5.41) is 25.5. The van der Waals surface area contributed by atoms with Crippen LogP contribution in [-0.4, -0.2) is 87.7 Å². The SMILES string of the molecule is CCNCC(O)COCCOCC(O)CNC(C)COCC. The zero-order chi connectivity index (χ0) is 16.6. The molecule has 0 aromatic carbocycles. The minimum absolute atomic E-state index is 0.205. The third kappa shape index (κ3) is 14.6. The molecule has 0 rings (SSSR count). The molecule has 0 amide bonds. The van der Waals surface area contributed by atoms with Crippen LogP contribution >= 0.6 is 0 Å². The predicted octanol–water partition coefficient (Wildman–Crippen LogP) is -0.634. The normalized spacial score (nSPS) is 15.7. The van der Waals surface area contributed by atoms with Gasteiger partial charge in [0.05, 0.1) is 45.2 Å². The van der Waals surface area contributed by atoms with Crippen molar-refractivity contribution < 1.29 is 24.4 Å². The summed E-state index contributed by atoms with van der Waals surface area (Å²) in [7, 11) is 0.